The third kappa shape index (κ3) is 6.24. The van der Waals surface area contributed by atoms with Gasteiger partial charge in [-0.15, -0.1) is 0 Å². The van der Waals surface area contributed by atoms with Gasteiger partial charge >= 0.3 is 0 Å². The summed E-state index contributed by atoms with van der Waals surface area (Å²) in [7, 11) is -1.24. The number of ether oxygens (including phenoxy) is 1. The van der Waals surface area contributed by atoms with E-state index in [1.54, 1.807) is 7.05 Å². The third-order valence-corrected chi connectivity index (χ3v) is 8.64. The average molecular weight is 479 g/mol. The second-order valence-electron chi connectivity index (χ2n) is 9.26. The van der Waals surface area contributed by atoms with E-state index in [-0.39, 0.29) is 41.8 Å². The number of hydrogen-bond donors (Lipinski definition) is 1. The second kappa shape index (κ2) is 10.4. The number of nitrogens with zero attached hydrogens (tertiary/aromatic N) is 3. The van der Waals surface area contributed by atoms with Crippen LogP contribution in [0.3, 0.4) is 0 Å². The Bertz CT molecular complexity index is 938. The van der Waals surface area contributed by atoms with E-state index >= 15 is 0 Å². The summed E-state index contributed by atoms with van der Waals surface area (Å²) in [6.45, 7) is 4.62. The predicted molar refractivity (Wildman–Crippen MR) is 127 cm³/mol. The van der Waals surface area contributed by atoms with Gasteiger partial charge in [-0.2, -0.15) is 0 Å². The minimum atomic E-state index is -2.90. The normalized spacial score (nSPS) is 23.9. The van der Waals surface area contributed by atoms with Gasteiger partial charge in [0.15, 0.2) is 9.84 Å². The standard InChI is InChI=1S/C23H34N4O5S/c1-25(23(29)18-6-9-26(10-7-18)21-8-15-33(30,31)17-21)16-22(28)24-19-2-4-20(5-3-19)27-11-13-32-14-12-27/h2-5,18,21H,6-17H2,1H3,(H,24,28)/t21-/m1/s1. The zero-order valence-electron chi connectivity index (χ0n) is 19.2. The first-order valence-corrected chi connectivity index (χ1v) is 13.5. The Balaban J connectivity index is 1.21. The monoisotopic (exact) mass is 478 g/mol. The molecule has 0 aliphatic carbocycles. The van der Waals surface area contributed by atoms with Gasteiger partial charge in [-0.3, -0.25) is 14.5 Å². The third-order valence-electron chi connectivity index (χ3n) is 6.89. The number of sulfone groups is 1. The number of anilines is 2. The lowest BCUT2D eigenvalue weighted by atomic mass is 9.94. The van der Waals surface area contributed by atoms with Crippen LogP contribution in [0.15, 0.2) is 24.3 Å². The lowest BCUT2D eigenvalue weighted by Gasteiger charge is -2.36. The molecule has 182 valence electrons. The van der Waals surface area contributed by atoms with Crippen LogP contribution in [0.4, 0.5) is 11.4 Å². The summed E-state index contributed by atoms with van der Waals surface area (Å²) < 4.78 is 28.9. The van der Waals surface area contributed by atoms with Crippen LogP contribution in [0.1, 0.15) is 19.3 Å². The summed E-state index contributed by atoms with van der Waals surface area (Å²) in [5, 5.41) is 2.87. The van der Waals surface area contributed by atoms with E-state index in [1.165, 1.54) is 4.90 Å². The van der Waals surface area contributed by atoms with Gasteiger partial charge in [-0.25, -0.2) is 8.42 Å². The van der Waals surface area contributed by atoms with Crippen molar-refractivity contribution in [3.05, 3.63) is 24.3 Å². The molecule has 3 aliphatic rings. The van der Waals surface area contributed by atoms with Crippen molar-refractivity contribution in [3.63, 3.8) is 0 Å². The van der Waals surface area contributed by atoms with Crippen molar-refractivity contribution in [2.45, 2.75) is 25.3 Å². The van der Waals surface area contributed by atoms with Crippen LogP contribution in [0.2, 0.25) is 0 Å². The number of likely N-dealkylation sites (N-methyl/N-ethyl adjacent to an activating group) is 1. The van der Waals surface area contributed by atoms with Gasteiger partial charge in [0.25, 0.3) is 0 Å². The molecule has 3 saturated heterocycles. The summed E-state index contributed by atoms with van der Waals surface area (Å²) >= 11 is 0. The largest absolute Gasteiger partial charge is 0.378 e. The van der Waals surface area contributed by atoms with Gasteiger partial charge in [0.1, 0.15) is 0 Å². The number of nitrogens with one attached hydrogen (secondary N) is 1. The Morgan fingerprint density at radius 3 is 2.33 bits per heavy atom. The van der Waals surface area contributed by atoms with Crippen molar-refractivity contribution in [1.29, 1.82) is 0 Å². The highest BCUT2D eigenvalue weighted by Crippen LogP contribution is 2.25. The zero-order chi connectivity index (χ0) is 23.4. The molecule has 0 bridgehead atoms. The molecule has 3 aliphatic heterocycles. The molecular formula is C23H34N4O5S. The van der Waals surface area contributed by atoms with E-state index in [2.05, 4.69) is 15.1 Å². The summed E-state index contributed by atoms with van der Waals surface area (Å²) in [5.74, 6) is 0.138. The molecule has 1 N–H and O–H groups in total. The van der Waals surface area contributed by atoms with Crippen LogP contribution in [0, 0.1) is 5.92 Å². The van der Waals surface area contributed by atoms with Gasteiger partial charge in [0.2, 0.25) is 11.8 Å². The Morgan fingerprint density at radius 1 is 1.06 bits per heavy atom. The molecule has 1 atom stereocenters. The minimum Gasteiger partial charge on any atom is -0.378 e. The van der Waals surface area contributed by atoms with Crippen molar-refractivity contribution < 1.29 is 22.7 Å². The van der Waals surface area contributed by atoms with Crippen LogP contribution < -0.4 is 10.2 Å². The predicted octanol–water partition coefficient (Wildman–Crippen LogP) is 0.819. The molecule has 0 unspecified atom stereocenters. The van der Waals surface area contributed by atoms with Crippen molar-refractivity contribution in [2.75, 3.05) is 74.7 Å². The molecule has 0 radical (unpaired) electrons. The maximum atomic E-state index is 12.9. The number of benzene rings is 1. The number of morpholine rings is 1. The SMILES string of the molecule is CN(CC(=O)Nc1ccc(N2CCOCC2)cc1)C(=O)C1CCN([C@@H]2CCS(=O)(=O)C2)CC1. The Labute approximate surface area is 196 Å². The van der Waals surface area contributed by atoms with E-state index in [1.807, 2.05) is 24.3 Å². The van der Waals surface area contributed by atoms with E-state index in [0.29, 0.717) is 24.9 Å². The number of carbonyl (C=O) groups is 2. The van der Waals surface area contributed by atoms with Crippen LogP contribution in [0.25, 0.3) is 0 Å². The molecular weight excluding hydrogens is 444 g/mol. The summed E-state index contributed by atoms with van der Waals surface area (Å²) in [5.41, 5.74) is 1.81. The van der Waals surface area contributed by atoms with Crippen LogP contribution in [-0.2, 0) is 24.2 Å². The number of hydrogen-bond acceptors (Lipinski definition) is 7. The van der Waals surface area contributed by atoms with Gasteiger partial charge in [-0.1, -0.05) is 0 Å². The lowest BCUT2D eigenvalue weighted by molar-refractivity contribution is -0.138. The molecule has 33 heavy (non-hydrogen) atoms. The molecule has 3 fully saturated rings. The minimum absolute atomic E-state index is 0.00509. The van der Waals surface area contributed by atoms with Gasteiger partial charge in [0.05, 0.1) is 31.3 Å². The van der Waals surface area contributed by atoms with Gasteiger partial charge in [-0.05, 0) is 56.6 Å². The first kappa shape index (κ1) is 24.0. The van der Waals surface area contributed by atoms with E-state index in [0.717, 1.165) is 45.1 Å². The van der Waals surface area contributed by atoms with Crippen LogP contribution >= 0.6 is 0 Å². The Morgan fingerprint density at radius 2 is 1.73 bits per heavy atom. The molecule has 0 aromatic heterocycles. The second-order valence-corrected chi connectivity index (χ2v) is 11.5. The Hall–Kier alpha value is -2.17. The molecule has 1 aromatic rings. The smallest absolute Gasteiger partial charge is 0.243 e. The fourth-order valence-electron chi connectivity index (χ4n) is 4.96. The number of rotatable bonds is 6. The van der Waals surface area contributed by atoms with Crippen molar-refractivity contribution >= 4 is 33.0 Å². The molecule has 1 aromatic carbocycles. The molecule has 10 heteroatoms. The van der Waals surface area contributed by atoms with E-state index in [4.69, 9.17) is 4.74 Å². The molecule has 0 spiro atoms. The Kier molecular flexibility index (Phi) is 7.55. The first-order chi connectivity index (χ1) is 15.8. The maximum Gasteiger partial charge on any atom is 0.243 e. The number of likely N-dealkylation sites (tertiary alicyclic amines) is 1. The van der Waals surface area contributed by atoms with Gasteiger partial charge < -0.3 is 19.9 Å². The summed E-state index contributed by atoms with van der Waals surface area (Å²) in [4.78, 5) is 31.3. The topological polar surface area (TPSA) is 99.3 Å². The molecule has 4 rings (SSSR count). The quantitative estimate of drug-likeness (QED) is 0.646. The van der Waals surface area contributed by atoms with Crippen LogP contribution in [0.5, 0.6) is 0 Å². The highest BCUT2D eigenvalue weighted by atomic mass is 32.2. The van der Waals surface area contributed by atoms with Crippen molar-refractivity contribution in [3.8, 4) is 0 Å². The van der Waals surface area contributed by atoms with Gasteiger partial charge in [0, 0.05) is 43.5 Å². The lowest BCUT2D eigenvalue weighted by Crippen LogP contribution is -2.46. The molecule has 9 nitrogen and oxygen atoms in total. The fraction of sp³-hybridized carbons (Fsp3) is 0.652. The van der Waals surface area contributed by atoms with E-state index in [9.17, 15) is 18.0 Å². The summed E-state index contributed by atoms with van der Waals surface area (Å²) in [6.07, 6.45) is 2.09. The molecule has 2 amide bonds. The maximum absolute atomic E-state index is 12.9. The number of amides is 2. The van der Waals surface area contributed by atoms with Crippen molar-refractivity contribution in [1.82, 2.24) is 9.80 Å². The average Bonchev–Trinajstić information content (AvgIpc) is 3.19. The van der Waals surface area contributed by atoms with E-state index < -0.39 is 9.84 Å². The fourth-order valence-corrected chi connectivity index (χ4v) is 6.72. The molecule has 0 saturated carbocycles. The first-order valence-electron chi connectivity index (χ1n) is 11.7. The number of carbonyl (C=O) groups excluding carboxylic acids is 2. The van der Waals surface area contributed by atoms with Crippen LogP contribution in [-0.4, -0.2) is 101 Å². The highest BCUT2D eigenvalue weighted by Gasteiger charge is 2.36. The zero-order valence-corrected chi connectivity index (χ0v) is 20.1. The highest BCUT2D eigenvalue weighted by molar-refractivity contribution is 7.91. The molecule has 3 heterocycles. The van der Waals surface area contributed by atoms with Crippen molar-refractivity contribution in [2.24, 2.45) is 5.92 Å². The summed E-state index contributed by atoms with van der Waals surface area (Å²) in [6, 6.07) is 7.81. The number of piperidine rings is 1.